The van der Waals surface area contributed by atoms with Crippen molar-refractivity contribution in [3.8, 4) is 0 Å². The number of amides is 2. The first-order valence-corrected chi connectivity index (χ1v) is 11.4. The molecule has 0 radical (unpaired) electrons. The van der Waals surface area contributed by atoms with Gasteiger partial charge in [-0.25, -0.2) is 13.8 Å². The maximum absolute atomic E-state index is 13.8. The lowest BCUT2D eigenvalue weighted by molar-refractivity contribution is -0.128. The molecular formula is C23H30F2N6O3. The number of aryl methyl sites for hydroxylation is 1. The molecule has 2 amide bonds. The van der Waals surface area contributed by atoms with E-state index < -0.39 is 29.7 Å². The van der Waals surface area contributed by atoms with Gasteiger partial charge in [0, 0.05) is 64.1 Å². The Labute approximate surface area is 196 Å². The number of nitrogens with zero attached hydrogens (tertiary/aromatic N) is 3. The van der Waals surface area contributed by atoms with Crippen molar-refractivity contribution in [2.75, 3.05) is 26.2 Å². The number of carbonyl (C=O) groups excluding carboxylic acids is 2. The van der Waals surface area contributed by atoms with E-state index in [4.69, 9.17) is 0 Å². The quantitative estimate of drug-likeness (QED) is 0.416. The zero-order valence-electron chi connectivity index (χ0n) is 19.0. The molecular weight excluding hydrogens is 446 g/mol. The SMILES string of the molecule is Cn1ccnc1CN1CCN[C@@H]([C@@H](O)[C@H](Cc2cc(F)cc(F)c2)NC(=O)C2CNC(=O)C2)C1. The molecule has 2 aliphatic heterocycles. The molecule has 1 aromatic heterocycles. The van der Waals surface area contributed by atoms with Crippen LogP contribution in [0.5, 0.6) is 0 Å². The summed E-state index contributed by atoms with van der Waals surface area (Å²) in [6.45, 7) is 2.72. The number of aromatic nitrogens is 2. The lowest BCUT2D eigenvalue weighted by atomic mass is 9.94. The van der Waals surface area contributed by atoms with E-state index in [1.165, 1.54) is 12.1 Å². The molecule has 34 heavy (non-hydrogen) atoms. The van der Waals surface area contributed by atoms with Crippen LogP contribution in [0.3, 0.4) is 0 Å². The van der Waals surface area contributed by atoms with E-state index in [9.17, 15) is 23.5 Å². The van der Waals surface area contributed by atoms with Gasteiger partial charge in [-0.15, -0.1) is 0 Å². The summed E-state index contributed by atoms with van der Waals surface area (Å²) < 4.78 is 29.5. The predicted octanol–water partition coefficient (Wildman–Crippen LogP) is -0.303. The van der Waals surface area contributed by atoms with Gasteiger partial charge >= 0.3 is 0 Å². The summed E-state index contributed by atoms with van der Waals surface area (Å²) in [5.74, 6) is -1.68. The Kier molecular flexibility index (Phi) is 7.54. The Balaban J connectivity index is 1.48. The molecule has 2 saturated heterocycles. The van der Waals surface area contributed by atoms with Crippen LogP contribution < -0.4 is 16.0 Å². The fourth-order valence-corrected chi connectivity index (χ4v) is 4.57. The number of imidazole rings is 1. The zero-order valence-corrected chi connectivity index (χ0v) is 19.0. The van der Waals surface area contributed by atoms with Crippen LogP contribution >= 0.6 is 0 Å². The number of aliphatic hydroxyl groups is 1. The summed E-state index contributed by atoms with van der Waals surface area (Å²) in [5, 5.41) is 20.0. The Bertz CT molecular complexity index is 1010. The van der Waals surface area contributed by atoms with E-state index in [0.29, 0.717) is 25.2 Å². The number of aliphatic hydroxyl groups excluding tert-OH is 1. The molecule has 2 aromatic rings. The van der Waals surface area contributed by atoms with Crippen LogP contribution in [-0.4, -0.2) is 75.7 Å². The van der Waals surface area contributed by atoms with Gasteiger partial charge < -0.3 is 25.6 Å². The van der Waals surface area contributed by atoms with Crippen LogP contribution in [0.2, 0.25) is 0 Å². The van der Waals surface area contributed by atoms with E-state index in [0.717, 1.165) is 18.4 Å². The number of hydrogen-bond donors (Lipinski definition) is 4. The molecule has 2 aliphatic rings. The normalized spacial score (nSPS) is 22.9. The molecule has 0 bridgehead atoms. The van der Waals surface area contributed by atoms with Gasteiger partial charge in [-0.1, -0.05) is 0 Å². The molecule has 4 atom stereocenters. The van der Waals surface area contributed by atoms with Crippen molar-refractivity contribution < 1.29 is 23.5 Å². The Morgan fingerprint density at radius 2 is 2.09 bits per heavy atom. The lowest BCUT2D eigenvalue weighted by Crippen LogP contribution is -2.61. The first-order valence-electron chi connectivity index (χ1n) is 11.4. The fourth-order valence-electron chi connectivity index (χ4n) is 4.57. The standard InChI is InChI=1S/C23H30F2N6O3/c1-30-4-2-27-20(30)13-31-5-3-26-19(12-31)22(33)18(8-14-6-16(24)10-17(25)7-14)29-23(34)15-9-21(32)28-11-15/h2,4,6-7,10,15,18-19,22,26,33H,3,5,8-9,11-13H2,1H3,(H,28,32)(H,29,34)/t15?,18-,19+,22-/m0/s1. The Morgan fingerprint density at radius 1 is 1.32 bits per heavy atom. The minimum atomic E-state index is -1.04. The molecule has 3 heterocycles. The van der Waals surface area contributed by atoms with Crippen LogP contribution in [0, 0.1) is 17.6 Å². The molecule has 0 spiro atoms. The number of carbonyl (C=O) groups is 2. The average Bonchev–Trinajstić information content (AvgIpc) is 3.40. The van der Waals surface area contributed by atoms with Gasteiger partial charge in [0.05, 0.1) is 24.6 Å². The maximum atomic E-state index is 13.8. The number of hydrogen-bond acceptors (Lipinski definition) is 6. The smallest absolute Gasteiger partial charge is 0.225 e. The molecule has 4 N–H and O–H groups in total. The highest BCUT2D eigenvalue weighted by Gasteiger charge is 2.35. The van der Waals surface area contributed by atoms with Crippen molar-refractivity contribution >= 4 is 11.8 Å². The van der Waals surface area contributed by atoms with Gasteiger partial charge in [0.2, 0.25) is 11.8 Å². The molecule has 9 nitrogen and oxygen atoms in total. The van der Waals surface area contributed by atoms with Crippen molar-refractivity contribution in [2.24, 2.45) is 13.0 Å². The van der Waals surface area contributed by atoms with E-state index in [2.05, 4.69) is 25.8 Å². The Hall–Kier alpha value is -2.89. The minimum absolute atomic E-state index is 0.0349. The van der Waals surface area contributed by atoms with Crippen molar-refractivity contribution in [1.29, 1.82) is 0 Å². The summed E-state index contributed by atoms with van der Waals surface area (Å²) >= 11 is 0. The third kappa shape index (κ3) is 5.96. The topological polar surface area (TPSA) is 112 Å². The number of benzene rings is 1. The van der Waals surface area contributed by atoms with E-state index in [1.807, 2.05) is 17.8 Å². The lowest BCUT2D eigenvalue weighted by Gasteiger charge is -2.38. The fraction of sp³-hybridized carbons (Fsp3) is 0.522. The largest absolute Gasteiger partial charge is 0.389 e. The number of halogens is 2. The summed E-state index contributed by atoms with van der Waals surface area (Å²) in [5.41, 5.74) is 0.322. The van der Waals surface area contributed by atoms with E-state index >= 15 is 0 Å². The molecule has 0 aliphatic carbocycles. The number of piperazine rings is 1. The van der Waals surface area contributed by atoms with Gasteiger partial charge in [0.15, 0.2) is 0 Å². The molecule has 11 heteroatoms. The van der Waals surface area contributed by atoms with Gasteiger partial charge in [0.1, 0.15) is 17.5 Å². The van der Waals surface area contributed by atoms with E-state index in [-0.39, 0.29) is 37.2 Å². The van der Waals surface area contributed by atoms with Gasteiger partial charge in [-0.05, 0) is 24.1 Å². The van der Waals surface area contributed by atoms with Crippen LogP contribution in [0.15, 0.2) is 30.6 Å². The van der Waals surface area contributed by atoms with Crippen LogP contribution in [0.4, 0.5) is 8.78 Å². The van der Waals surface area contributed by atoms with E-state index in [1.54, 1.807) is 6.20 Å². The highest BCUT2D eigenvalue weighted by molar-refractivity contribution is 5.89. The Morgan fingerprint density at radius 3 is 2.74 bits per heavy atom. The molecule has 2 fully saturated rings. The summed E-state index contributed by atoms with van der Waals surface area (Å²) in [6, 6.07) is 1.96. The van der Waals surface area contributed by atoms with Gasteiger partial charge in [-0.3, -0.25) is 14.5 Å². The van der Waals surface area contributed by atoms with Crippen LogP contribution in [0.1, 0.15) is 17.8 Å². The third-order valence-corrected chi connectivity index (χ3v) is 6.45. The second kappa shape index (κ2) is 10.6. The highest BCUT2D eigenvalue weighted by Crippen LogP contribution is 2.17. The minimum Gasteiger partial charge on any atom is -0.389 e. The third-order valence-electron chi connectivity index (χ3n) is 6.45. The number of nitrogens with one attached hydrogen (secondary N) is 3. The average molecular weight is 477 g/mol. The van der Waals surface area contributed by atoms with Crippen molar-refractivity contribution in [3.05, 3.63) is 53.6 Å². The second-order valence-electron chi connectivity index (χ2n) is 9.04. The van der Waals surface area contributed by atoms with Gasteiger partial charge in [-0.2, -0.15) is 0 Å². The molecule has 1 unspecified atom stereocenters. The zero-order chi connectivity index (χ0) is 24.2. The van der Waals surface area contributed by atoms with Crippen LogP contribution in [0.25, 0.3) is 0 Å². The monoisotopic (exact) mass is 476 g/mol. The molecule has 4 rings (SSSR count). The molecule has 1 aromatic carbocycles. The van der Waals surface area contributed by atoms with Gasteiger partial charge in [0.25, 0.3) is 0 Å². The first kappa shape index (κ1) is 24.2. The van der Waals surface area contributed by atoms with Crippen molar-refractivity contribution in [2.45, 2.75) is 37.6 Å². The maximum Gasteiger partial charge on any atom is 0.225 e. The first-order chi connectivity index (χ1) is 16.3. The summed E-state index contributed by atoms with van der Waals surface area (Å²) in [4.78, 5) is 30.9. The van der Waals surface area contributed by atoms with Crippen molar-refractivity contribution in [3.63, 3.8) is 0 Å². The van der Waals surface area contributed by atoms with Crippen molar-refractivity contribution in [1.82, 2.24) is 30.4 Å². The second-order valence-corrected chi connectivity index (χ2v) is 9.04. The summed E-state index contributed by atoms with van der Waals surface area (Å²) in [6.07, 6.45) is 2.67. The number of rotatable bonds is 8. The molecule has 0 saturated carbocycles. The molecule has 184 valence electrons. The highest BCUT2D eigenvalue weighted by atomic mass is 19.1. The van der Waals surface area contributed by atoms with Crippen LogP contribution in [-0.2, 0) is 29.6 Å². The summed E-state index contributed by atoms with van der Waals surface area (Å²) in [7, 11) is 1.92. The predicted molar refractivity (Wildman–Crippen MR) is 119 cm³/mol.